The summed E-state index contributed by atoms with van der Waals surface area (Å²) in [6, 6.07) is 0.391. The molecule has 0 saturated carbocycles. The van der Waals surface area contributed by atoms with Gasteiger partial charge in [-0.25, -0.2) is 0 Å². The number of ether oxygens (including phenoxy) is 2. The summed E-state index contributed by atoms with van der Waals surface area (Å²) >= 11 is 0. The predicted octanol–water partition coefficient (Wildman–Crippen LogP) is 2.06. The lowest BCUT2D eigenvalue weighted by atomic mass is 9.79. The lowest BCUT2D eigenvalue weighted by Gasteiger charge is -2.39. The van der Waals surface area contributed by atoms with Crippen molar-refractivity contribution in [1.82, 2.24) is 5.32 Å². The fourth-order valence-corrected chi connectivity index (χ4v) is 2.54. The predicted molar refractivity (Wildman–Crippen MR) is 66.6 cm³/mol. The number of likely N-dealkylation sites (N-methyl/N-ethyl adjacent to an activating group) is 1. The molecule has 0 aromatic heterocycles. The SMILES string of the molecule is CCOC(C(NC)C1CCOC1)C(C)(C)C. The molecular formula is C13H27NO2. The molecule has 0 bridgehead atoms. The normalized spacial score (nSPS) is 25.7. The maximum absolute atomic E-state index is 5.95. The monoisotopic (exact) mass is 229 g/mol. The van der Waals surface area contributed by atoms with Crippen molar-refractivity contribution >= 4 is 0 Å². The quantitative estimate of drug-likeness (QED) is 0.783. The maximum atomic E-state index is 5.95. The third kappa shape index (κ3) is 3.44. The average molecular weight is 229 g/mol. The topological polar surface area (TPSA) is 30.5 Å². The van der Waals surface area contributed by atoms with Gasteiger partial charge < -0.3 is 14.8 Å². The molecule has 3 heteroatoms. The number of nitrogens with one attached hydrogen (secondary N) is 1. The van der Waals surface area contributed by atoms with Crippen LogP contribution < -0.4 is 5.32 Å². The highest BCUT2D eigenvalue weighted by Crippen LogP contribution is 2.30. The van der Waals surface area contributed by atoms with Crippen LogP contribution in [-0.4, -0.2) is 39.0 Å². The Morgan fingerprint density at radius 2 is 2.12 bits per heavy atom. The summed E-state index contributed by atoms with van der Waals surface area (Å²) < 4.78 is 11.4. The molecule has 0 aromatic rings. The van der Waals surface area contributed by atoms with Crippen molar-refractivity contribution in [2.24, 2.45) is 11.3 Å². The molecule has 0 amide bonds. The van der Waals surface area contributed by atoms with Crippen LogP contribution in [0, 0.1) is 11.3 Å². The van der Waals surface area contributed by atoms with E-state index in [1.54, 1.807) is 0 Å². The second kappa shape index (κ2) is 5.99. The minimum atomic E-state index is 0.159. The first-order valence-corrected chi connectivity index (χ1v) is 6.37. The van der Waals surface area contributed by atoms with Crippen LogP contribution in [0.15, 0.2) is 0 Å². The first kappa shape index (κ1) is 13.9. The summed E-state index contributed by atoms with van der Waals surface area (Å²) in [5, 5.41) is 3.43. The van der Waals surface area contributed by atoms with Crippen LogP contribution in [-0.2, 0) is 9.47 Å². The molecular weight excluding hydrogens is 202 g/mol. The largest absolute Gasteiger partial charge is 0.381 e. The summed E-state index contributed by atoms with van der Waals surface area (Å²) in [6.45, 7) is 11.3. The van der Waals surface area contributed by atoms with Gasteiger partial charge in [-0.2, -0.15) is 0 Å². The molecule has 1 aliphatic rings. The minimum absolute atomic E-state index is 0.159. The zero-order valence-corrected chi connectivity index (χ0v) is 11.4. The van der Waals surface area contributed by atoms with E-state index >= 15 is 0 Å². The highest BCUT2D eigenvalue weighted by atomic mass is 16.5. The molecule has 0 aromatic carbocycles. The zero-order valence-electron chi connectivity index (χ0n) is 11.4. The van der Waals surface area contributed by atoms with Crippen LogP contribution in [0.3, 0.4) is 0 Å². The van der Waals surface area contributed by atoms with Crippen molar-refractivity contribution in [3.63, 3.8) is 0 Å². The fraction of sp³-hybridized carbons (Fsp3) is 1.00. The molecule has 3 nitrogen and oxygen atoms in total. The molecule has 1 N–H and O–H groups in total. The molecule has 1 heterocycles. The highest BCUT2D eigenvalue weighted by molar-refractivity contribution is 4.91. The molecule has 1 fully saturated rings. The van der Waals surface area contributed by atoms with E-state index in [2.05, 4.69) is 33.0 Å². The third-order valence-electron chi connectivity index (χ3n) is 3.33. The molecule has 1 saturated heterocycles. The Bertz CT molecular complexity index is 195. The van der Waals surface area contributed by atoms with Crippen LogP contribution in [0.2, 0.25) is 0 Å². The molecule has 16 heavy (non-hydrogen) atoms. The van der Waals surface area contributed by atoms with Gasteiger partial charge in [-0.15, -0.1) is 0 Å². The van der Waals surface area contributed by atoms with Gasteiger partial charge in [-0.05, 0) is 25.8 Å². The van der Waals surface area contributed by atoms with E-state index in [1.165, 1.54) is 0 Å². The lowest BCUT2D eigenvalue weighted by Crippen LogP contribution is -2.51. The number of hydrogen-bond donors (Lipinski definition) is 1. The highest BCUT2D eigenvalue weighted by Gasteiger charge is 2.38. The molecule has 0 radical (unpaired) electrons. The summed E-state index contributed by atoms with van der Waals surface area (Å²) in [4.78, 5) is 0. The molecule has 96 valence electrons. The number of hydrogen-bond acceptors (Lipinski definition) is 3. The van der Waals surface area contributed by atoms with Crippen molar-refractivity contribution in [3.05, 3.63) is 0 Å². The van der Waals surface area contributed by atoms with Crippen LogP contribution >= 0.6 is 0 Å². The Kier molecular flexibility index (Phi) is 5.22. The van der Waals surface area contributed by atoms with E-state index in [4.69, 9.17) is 9.47 Å². The Labute approximate surface area is 99.9 Å². The minimum Gasteiger partial charge on any atom is -0.381 e. The molecule has 1 rings (SSSR count). The Hall–Kier alpha value is -0.120. The first-order valence-electron chi connectivity index (χ1n) is 6.37. The van der Waals surface area contributed by atoms with E-state index in [0.717, 1.165) is 26.2 Å². The molecule has 0 spiro atoms. The van der Waals surface area contributed by atoms with E-state index in [1.807, 2.05) is 7.05 Å². The summed E-state index contributed by atoms with van der Waals surface area (Å²) in [5.74, 6) is 0.584. The summed E-state index contributed by atoms with van der Waals surface area (Å²) in [6.07, 6.45) is 1.39. The van der Waals surface area contributed by atoms with Crippen LogP contribution in [0.1, 0.15) is 34.1 Å². The fourth-order valence-electron chi connectivity index (χ4n) is 2.54. The summed E-state index contributed by atoms with van der Waals surface area (Å²) in [5.41, 5.74) is 0.159. The van der Waals surface area contributed by atoms with E-state index in [9.17, 15) is 0 Å². The van der Waals surface area contributed by atoms with Gasteiger partial charge in [0.2, 0.25) is 0 Å². The van der Waals surface area contributed by atoms with Gasteiger partial charge in [-0.1, -0.05) is 20.8 Å². The van der Waals surface area contributed by atoms with Gasteiger partial charge in [0.25, 0.3) is 0 Å². The van der Waals surface area contributed by atoms with Gasteiger partial charge in [-0.3, -0.25) is 0 Å². The van der Waals surface area contributed by atoms with Crippen molar-refractivity contribution in [1.29, 1.82) is 0 Å². The Balaban J connectivity index is 2.72. The van der Waals surface area contributed by atoms with Gasteiger partial charge in [0, 0.05) is 25.2 Å². The molecule has 0 aliphatic carbocycles. The van der Waals surface area contributed by atoms with Crippen LogP contribution in [0.4, 0.5) is 0 Å². The van der Waals surface area contributed by atoms with Crippen molar-refractivity contribution in [3.8, 4) is 0 Å². The van der Waals surface area contributed by atoms with E-state index in [0.29, 0.717) is 12.0 Å². The molecule has 1 aliphatic heterocycles. The smallest absolute Gasteiger partial charge is 0.0779 e. The Morgan fingerprint density at radius 1 is 1.44 bits per heavy atom. The zero-order chi connectivity index (χ0) is 12.2. The molecule has 3 unspecified atom stereocenters. The van der Waals surface area contributed by atoms with Gasteiger partial charge in [0.1, 0.15) is 0 Å². The van der Waals surface area contributed by atoms with Gasteiger partial charge >= 0.3 is 0 Å². The van der Waals surface area contributed by atoms with Crippen molar-refractivity contribution in [2.75, 3.05) is 26.9 Å². The van der Waals surface area contributed by atoms with E-state index < -0.39 is 0 Å². The summed E-state index contributed by atoms with van der Waals surface area (Å²) in [7, 11) is 2.03. The number of rotatable bonds is 5. The van der Waals surface area contributed by atoms with Crippen molar-refractivity contribution < 1.29 is 9.47 Å². The average Bonchev–Trinajstić information content (AvgIpc) is 2.69. The van der Waals surface area contributed by atoms with Crippen LogP contribution in [0.25, 0.3) is 0 Å². The standard InChI is InChI=1S/C13H27NO2/c1-6-16-12(13(2,3)4)11(14-5)10-7-8-15-9-10/h10-12,14H,6-9H2,1-5H3. The lowest BCUT2D eigenvalue weighted by molar-refractivity contribution is -0.0478. The van der Waals surface area contributed by atoms with Crippen molar-refractivity contribution in [2.45, 2.75) is 46.3 Å². The third-order valence-corrected chi connectivity index (χ3v) is 3.33. The second-order valence-electron chi connectivity index (χ2n) is 5.68. The first-order chi connectivity index (χ1) is 7.50. The van der Waals surface area contributed by atoms with E-state index in [-0.39, 0.29) is 11.5 Å². The maximum Gasteiger partial charge on any atom is 0.0779 e. The van der Waals surface area contributed by atoms with Gasteiger partial charge in [0.05, 0.1) is 12.7 Å². The second-order valence-corrected chi connectivity index (χ2v) is 5.68. The van der Waals surface area contributed by atoms with Crippen LogP contribution in [0.5, 0.6) is 0 Å². The van der Waals surface area contributed by atoms with Gasteiger partial charge in [0.15, 0.2) is 0 Å². The molecule has 3 atom stereocenters. The Morgan fingerprint density at radius 3 is 2.50 bits per heavy atom.